The van der Waals surface area contributed by atoms with Gasteiger partial charge in [0.15, 0.2) is 0 Å². The molecule has 1 N–H and O–H groups in total. The molecule has 1 rings (SSSR count). The van der Waals surface area contributed by atoms with Crippen LogP contribution in [-0.2, 0) is 6.42 Å². The quantitative estimate of drug-likeness (QED) is 0.772. The standard InChI is InChI=1S/C13H22OS/c1-4-11-8-9-13(15-11)12(14)7-5-6-10(2)3/h8-10,12,14H,4-7H2,1-3H3. The first-order chi connectivity index (χ1) is 7.13. The lowest BCUT2D eigenvalue weighted by Gasteiger charge is -2.09. The van der Waals surface area contributed by atoms with Gasteiger partial charge in [-0.3, -0.25) is 0 Å². The van der Waals surface area contributed by atoms with Gasteiger partial charge in [0.25, 0.3) is 0 Å². The van der Waals surface area contributed by atoms with Crippen LogP contribution in [-0.4, -0.2) is 5.11 Å². The highest BCUT2D eigenvalue weighted by atomic mass is 32.1. The van der Waals surface area contributed by atoms with Crippen molar-refractivity contribution in [3.05, 3.63) is 21.9 Å². The Morgan fingerprint density at radius 2 is 2.00 bits per heavy atom. The number of aryl methyl sites for hydroxylation is 1. The lowest BCUT2D eigenvalue weighted by Crippen LogP contribution is -1.96. The van der Waals surface area contributed by atoms with E-state index in [9.17, 15) is 5.11 Å². The van der Waals surface area contributed by atoms with E-state index in [1.54, 1.807) is 11.3 Å². The Hall–Kier alpha value is -0.340. The predicted molar refractivity (Wildman–Crippen MR) is 67.3 cm³/mol. The fraction of sp³-hybridized carbons (Fsp3) is 0.692. The van der Waals surface area contributed by atoms with Crippen molar-refractivity contribution < 1.29 is 5.11 Å². The van der Waals surface area contributed by atoms with Crippen LogP contribution in [0.5, 0.6) is 0 Å². The summed E-state index contributed by atoms with van der Waals surface area (Å²) in [5.74, 6) is 0.742. The summed E-state index contributed by atoms with van der Waals surface area (Å²) in [7, 11) is 0. The highest BCUT2D eigenvalue weighted by Crippen LogP contribution is 2.27. The molecule has 0 aliphatic rings. The van der Waals surface area contributed by atoms with Gasteiger partial charge >= 0.3 is 0 Å². The molecular formula is C13H22OS. The Labute approximate surface area is 97.2 Å². The van der Waals surface area contributed by atoms with E-state index >= 15 is 0 Å². The van der Waals surface area contributed by atoms with Crippen LogP contribution in [0.3, 0.4) is 0 Å². The molecule has 1 atom stereocenters. The van der Waals surface area contributed by atoms with Crippen LogP contribution in [0, 0.1) is 5.92 Å². The summed E-state index contributed by atoms with van der Waals surface area (Å²) in [6, 6.07) is 4.20. The zero-order valence-corrected chi connectivity index (χ0v) is 10.8. The minimum atomic E-state index is -0.242. The molecule has 1 heterocycles. The Morgan fingerprint density at radius 3 is 2.53 bits per heavy atom. The molecule has 2 heteroatoms. The minimum Gasteiger partial charge on any atom is -0.388 e. The first-order valence-electron chi connectivity index (χ1n) is 5.90. The number of aliphatic hydroxyl groups excluding tert-OH is 1. The summed E-state index contributed by atoms with van der Waals surface area (Å²) in [4.78, 5) is 2.50. The maximum Gasteiger partial charge on any atom is 0.0882 e. The monoisotopic (exact) mass is 226 g/mol. The molecule has 0 saturated heterocycles. The van der Waals surface area contributed by atoms with Gasteiger partial charge in [0.2, 0.25) is 0 Å². The summed E-state index contributed by atoms with van der Waals surface area (Å²) in [5.41, 5.74) is 0. The summed E-state index contributed by atoms with van der Waals surface area (Å²) >= 11 is 1.75. The molecule has 0 saturated carbocycles. The van der Waals surface area contributed by atoms with Crippen molar-refractivity contribution in [1.82, 2.24) is 0 Å². The van der Waals surface area contributed by atoms with E-state index in [0.717, 1.165) is 30.1 Å². The fourth-order valence-corrected chi connectivity index (χ4v) is 2.60. The third kappa shape index (κ3) is 4.35. The highest BCUT2D eigenvalue weighted by molar-refractivity contribution is 7.12. The molecule has 1 unspecified atom stereocenters. The number of hydrogen-bond donors (Lipinski definition) is 1. The van der Waals surface area contributed by atoms with Crippen molar-refractivity contribution >= 4 is 11.3 Å². The van der Waals surface area contributed by atoms with Gasteiger partial charge < -0.3 is 5.11 Å². The predicted octanol–water partition coefficient (Wildman–Crippen LogP) is 4.17. The van der Waals surface area contributed by atoms with Crippen LogP contribution >= 0.6 is 11.3 Å². The smallest absolute Gasteiger partial charge is 0.0882 e. The van der Waals surface area contributed by atoms with E-state index < -0.39 is 0 Å². The number of thiophene rings is 1. The van der Waals surface area contributed by atoms with Crippen molar-refractivity contribution in [2.24, 2.45) is 5.92 Å². The van der Waals surface area contributed by atoms with Crippen molar-refractivity contribution in [1.29, 1.82) is 0 Å². The van der Waals surface area contributed by atoms with Gasteiger partial charge in [0.05, 0.1) is 6.10 Å². The molecule has 86 valence electrons. The Balaban J connectivity index is 2.36. The van der Waals surface area contributed by atoms with E-state index in [0.29, 0.717) is 0 Å². The molecule has 1 aromatic rings. The van der Waals surface area contributed by atoms with Crippen LogP contribution < -0.4 is 0 Å². The second-order valence-corrected chi connectivity index (χ2v) is 5.70. The van der Waals surface area contributed by atoms with E-state index in [1.807, 2.05) is 0 Å². The second kappa shape index (κ2) is 6.29. The normalized spacial score (nSPS) is 13.4. The molecule has 0 aliphatic heterocycles. The topological polar surface area (TPSA) is 20.2 Å². The Kier molecular flexibility index (Phi) is 5.34. The lowest BCUT2D eigenvalue weighted by molar-refractivity contribution is 0.165. The molecule has 0 amide bonds. The van der Waals surface area contributed by atoms with Gasteiger partial charge in [-0.15, -0.1) is 11.3 Å². The SMILES string of the molecule is CCc1ccc(C(O)CCCC(C)C)s1. The molecule has 1 nitrogen and oxygen atoms in total. The molecule has 15 heavy (non-hydrogen) atoms. The van der Waals surface area contributed by atoms with Crippen molar-refractivity contribution in [3.63, 3.8) is 0 Å². The van der Waals surface area contributed by atoms with Crippen molar-refractivity contribution in [2.45, 2.75) is 52.6 Å². The fourth-order valence-electron chi connectivity index (χ4n) is 1.63. The van der Waals surface area contributed by atoms with E-state index in [1.165, 1.54) is 11.3 Å². The zero-order valence-electron chi connectivity index (χ0n) is 9.99. The van der Waals surface area contributed by atoms with Gasteiger partial charge in [0.1, 0.15) is 0 Å². The van der Waals surface area contributed by atoms with Gasteiger partial charge in [-0.2, -0.15) is 0 Å². The molecule has 0 aliphatic carbocycles. The van der Waals surface area contributed by atoms with Gasteiger partial charge in [0, 0.05) is 9.75 Å². The maximum atomic E-state index is 9.95. The highest BCUT2D eigenvalue weighted by Gasteiger charge is 2.10. The number of aliphatic hydroxyl groups is 1. The summed E-state index contributed by atoms with van der Waals surface area (Å²) in [6.45, 7) is 6.61. The first-order valence-corrected chi connectivity index (χ1v) is 6.71. The van der Waals surface area contributed by atoms with Crippen molar-refractivity contribution in [3.8, 4) is 0 Å². The third-order valence-electron chi connectivity index (χ3n) is 2.62. The lowest BCUT2D eigenvalue weighted by atomic mass is 10.0. The maximum absolute atomic E-state index is 9.95. The number of hydrogen-bond acceptors (Lipinski definition) is 2. The van der Waals surface area contributed by atoms with Gasteiger partial charge in [-0.05, 0) is 30.9 Å². The Bertz CT molecular complexity index is 278. The van der Waals surface area contributed by atoms with E-state index in [4.69, 9.17) is 0 Å². The van der Waals surface area contributed by atoms with Gasteiger partial charge in [-0.25, -0.2) is 0 Å². The Morgan fingerprint density at radius 1 is 1.27 bits per heavy atom. The molecule has 0 radical (unpaired) electrons. The largest absolute Gasteiger partial charge is 0.388 e. The van der Waals surface area contributed by atoms with Crippen LogP contribution in [0.4, 0.5) is 0 Å². The number of rotatable bonds is 6. The van der Waals surface area contributed by atoms with Gasteiger partial charge in [-0.1, -0.05) is 33.6 Å². The van der Waals surface area contributed by atoms with Crippen LogP contribution in [0.15, 0.2) is 12.1 Å². The average Bonchev–Trinajstić information content (AvgIpc) is 2.65. The molecule has 0 fully saturated rings. The summed E-state index contributed by atoms with van der Waals surface area (Å²) < 4.78 is 0. The molecule has 0 aromatic carbocycles. The van der Waals surface area contributed by atoms with Crippen LogP contribution in [0.2, 0.25) is 0 Å². The second-order valence-electron chi connectivity index (χ2n) is 4.50. The van der Waals surface area contributed by atoms with Crippen molar-refractivity contribution in [2.75, 3.05) is 0 Å². The molecule has 0 spiro atoms. The molecule has 0 bridgehead atoms. The van der Waals surface area contributed by atoms with Crippen LogP contribution in [0.25, 0.3) is 0 Å². The molecule has 1 aromatic heterocycles. The average molecular weight is 226 g/mol. The van der Waals surface area contributed by atoms with E-state index in [2.05, 4.69) is 32.9 Å². The van der Waals surface area contributed by atoms with E-state index in [-0.39, 0.29) is 6.10 Å². The third-order valence-corrected chi connectivity index (χ3v) is 3.95. The zero-order chi connectivity index (χ0) is 11.3. The minimum absolute atomic E-state index is 0.242. The summed E-state index contributed by atoms with van der Waals surface area (Å²) in [5, 5.41) is 9.95. The van der Waals surface area contributed by atoms with Crippen LogP contribution in [0.1, 0.15) is 55.9 Å². The summed E-state index contributed by atoms with van der Waals surface area (Å²) in [6.07, 6.45) is 4.07. The first kappa shape index (κ1) is 12.7. The molecular weight excluding hydrogens is 204 g/mol.